The van der Waals surface area contributed by atoms with Gasteiger partial charge in [-0.25, -0.2) is 0 Å². The van der Waals surface area contributed by atoms with Gasteiger partial charge in [-0.3, -0.25) is 0 Å². The molecule has 2 aliphatic rings. The van der Waals surface area contributed by atoms with Crippen LogP contribution < -0.4 is 10.2 Å². The maximum Gasteiger partial charge on any atom is 0.494 e. The van der Waals surface area contributed by atoms with E-state index in [0.29, 0.717) is 13.2 Å². The number of hydrogen-bond donors (Lipinski definition) is 1. The van der Waals surface area contributed by atoms with Crippen LogP contribution in [0, 0.1) is 0 Å². The SMILES string of the molecule is CC1(C)OB(c2ccc(OC[C@@H](O)CN3CCCC3)cc2)OC1(C)C. The monoisotopic (exact) mass is 347 g/mol. The minimum Gasteiger partial charge on any atom is -0.491 e. The molecular formula is C19H30BNO4. The first-order valence-corrected chi connectivity index (χ1v) is 9.26. The highest BCUT2D eigenvalue weighted by atomic mass is 16.7. The van der Waals surface area contributed by atoms with Crippen molar-refractivity contribution in [2.24, 2.45) is 0 Å². The van der Waals surface area contributed by atoms with Crippen LogP contribution in [0.25, 0.3) is 0 Å². The second-order valence-corrected chi connectivity index (χ2v) is 8.13. The van der Waals surface area contributed by atoms with Crippen molar-refractivity contribution in [2.75, 3.05) is 26.2 Å². The van der Waals surface area contributed by atoms with E-state index in [9.17, 15) is 5.11 Å². The van der Waals surface area contributed by atoms with Crippen LogP contribution in [-0.4, -0.2) is 60.7 Å². The summed E-state index contributed by atoms with van der Waals surface area (Å²) in [5, 5.41) is 10.1. The highest BCUT2D eigenvalue weighted by molar-refractivity contribution is 6.62. The smallest absolute Gasteiger partial charge is 0.491 e. The van der Waals surface area contributed by atoms with Gasteiger partial charge >= 0.3 is 7.12 Å². The average molecular weight is 347 g/mol. The molecule has 1 N–H and O–H groups in total. The normalized spacial score (nSPS) is 23.8. The summed E-state index contributed by atoms with van der Waals surface area (Å²) in [7, 11) is -0.361. The number of nitrogens with zero attached hydrogens (tertiary/aromatic N) is 1. The largest absolute Gasteiger partial charge is 0.494 e. The minimum atomic E-state index is -0.458. The Hall–Kier alpha value is -1.08. The summed E-state index contributed by atoms with van der Waals surface area (Å²) >= 11 is 0. The van der Waals surface area contributed by atoms with Gasteiger partial charge in [-0.05, 0) is 71.2 Å². The molecule has 0 radical (unpaired) electrons. The van der Waals surface area contributed by atoms with Crippen molar-refractivity contribution in [3.8, 4) is 5.75 Å². The van der Waals surface area contributed by atoms with E-state index in [1.54, 1.807) is 0 Å². The fourth-order valence-corrected chi connectivity index (χ4v) is 3.21. The summed E-state index contributed by atoms with van der Waals surface area (Å²) in [6.45, 7) is 11.4. The molecule has 2 saturated heterocycles. The summed E-state index contributed by atoms with van der Waals surface area (Å²) in [6.07, 6.45) is 2.00. The van der Waals surface area contributed by atoms with Gasteiger partial charge in [0.05, 0.1) is 11.2 Å². The van der Waals surface area contributed by atoms with Crippen molar-refractivity contribution in [2.45, 2.75) is 57.8 Å². The van der Waals surface area contributed by atoms with Gasteiger partial charge in [-0.15, -0.1) is 0 Å². The first kappa shape index (κ1) is 18.7. The molecule has 1 aromatic carbocycles. The zero-order valence-corrected chi connectivity index (χ0v) is 15.8. The molecule has 3 rings (SSSR count). The molecule has 138 valence electrons. The molecule has 0 aliphatic carbocycles. The Kier molecular flexibility index (Phi) is 5.44. The second kappa shape index (κ2) is 7.27. The molecule has 0 saturated carbocycles. The van der Waals surface area contributed by atoms with Crippen molar-refractivity contribution in [3.05, 3.63) is 24.3 Å². The van der Waals surface area contributed by atoms with Gasteiger partial charge < -0.3 is 24.1 Å². The zero-order chi connectivity index (χ0) is 18.1. The van der Waals surface area contributed by atoms with Crippen LogP contribution in [0.3, 0.4) is 0 Å². The second-order valence-electron chi connectivity index (χ2n) is 8.13. The van der Waals surface area contributed by atoms with E-state index >= 15 is 0 Å². The molecule has 5 nitrogen and oxygen atoms in total. The number of ether oxygens (including phenoxy) is 1. The molecule has 2 heterocycles. The van der Waals surface area contributed by atoms with Gasteiger partial charge in [0.2, 0.25) is 0 Å². The van der Waals surface area contributed by atoms with Crippen LogP contribution in [0.4, 0.5) is 0 Å². The highest BCUT2D eigenvalue weighted by Gasteiger charge is 2.51. The number of β-amino-alcohol motifs (C(OH)–C–C–N with tert-alkyl or cyclic N) is 1. The standard InChI is InChI=1S/C19H30BNO4/c1-18(2)19(3,4)25-20(24-18)15-7-9-17(10-8-15)23-14-16(22)13-21-11-5-6-12-21/h7-10,16,22H,5-6,11-14H2,1-4H3/t16-/m0/s1. The number of aliphatic hydroxyl groups is 1. The molecule has 2 fully saturated rings. The van der Waals surface area contributed by atoms with E-state index in [1.807, 2.05) is 52.0 Å². The lowest BCUT2D eigenvalue weighted by Crippen LogP contribution is -2.41. The molecule has 2 aliphatic heterocycles. The topological polar surface area (TPSA) is 51.2 Å². The third kappa shape index (κ3) is 4.37. The summed E-state index contributed by atoms with van der Waals surface area (Å²) in [5.41, 5.74) is 0.294. The van der Waals surface area contributed by atoms with Crippen LogP contribution >= 0.6 is 0 Å². The summed E-state index contributed by atoms with van der Waals surface area (Å²) < 4.78 is 17.8. The Labute approximate surface area is 151 Å². The average Bonchev–Trinajstić information content (AvgIpc) is 3.12. The van der Waals surface area contributed by atoms with Crippen molar-refractivity contribution in [1.29, 1.82) is 0 Å². The summed E-state index contributed by atoms with van der Waals surface area (Å²) in [6, 6.07) is 7.74. The Morgan fingerprint density at radius 2 is 1.64 bits per heavy atom. The number of hydrogen-bond acceptors (Lipinski definition) is 5. The number of aliphatic hydroxyl groups excluding tert-OH is 1. The van der Waals surface area contributed by atoms with Crippen molar-refractivity contribution in [3.63, 3.8) is 0 Å². The van der Waals surface area contributed by atoms with Gasteiger partial charge in [0.15, 0.2) is 0 Å². The van der Waals surface area contributed by atoms with Crippen LogP contribution in [0.5, 0.6) is 5.75 Å². The fourth-order valence-electron chi connectivity index (χ4n) is 3.21. The van der Waals surface area contributed by atoms with Crippen LogP contribution in [-0.2, 0) is 9.31 Å². The predicted molar refractivity (Wildman–Crippen MR) is 99.3 cm³/mol. The van der Waals surface area contributed by atoms with Crippen LogP contribution in [0.2, 0.25) is 0 Å². The summed E-state index contributed by atoms with van der Waals surface area (Å²) in [4.78, 5) is 2.29. The lowest BCUT2D eigenvalue weighted by Gasteiger charge is -2.32. The van der Waals surface area contributed by atoms with E-state index < -0.39 is 6.10 Å². The van der Waals surface area contributed by atoms with E-state index in [4.69, 9.17) is 14.0 Å². The molecule has 0 amide bonds. The first-order chi connectivity index (χ1) is 11.8. The predicted octanol–water partition coefficient (Wildman–Crippen LogP) is 1.82. The maximum absolute atomic E-state index is 10.1. The quantitative estimate of drug-likeness (QED) is 0.796. The first-order valence-electron chi connectivity index (χ1n) is 9.26. The molecule has 0 bridgehead atoms. The van der Waals surface area contributed by atoms with E-state index in [-0.39, 0.29) is 18.3 Å². The van der Waals surface area contributed by atoms with Crippen LogP contribution in [0.15, 0.2) is 24.3 Å². The number of likely N-dealkylation sites (tertiary alicyclic amines) is 1. The maximum atomic E-state index is 10.1. The lowest BCUT2D eigenvalue weighted by molar-refractivity contribution is 0.00578. The molecule has 6 heteroatoms. The van der Waals surface area contributed by atoms with E-state index in [0.717, 1.165) is 24.3 Å². The molecule has 25 heavy (non-hydrogen) atoms. The van der Waals surface area contributed by atoms with Gasteiger partial charge in [-0.1, -0.05) is 12.1 Å². The van der Waals surface area contributed by atoms with Crippen molar-refractivity contribution >= 4 is 12.6 Å². The zero-order valence-electron chi connectivity index (χ0n) is 15.8. The van der Waals surface area contributed by atoms with Gasteiger partial charge in [0.1, 0.15) is 18.5 Å². The van der Waals surface area contributed by atoms with Gasteiger partial charge in [0.25, 0.3) is 0 Å². The Bertz CT molecular complexity index is 553. The van der Waals surface area contributed by atoms with Gasteiger partial charge in [-0.2, -0.15) is 0 Å². The van der Waals surface area contributed by atoms with Crippen molar-refractivity contribution in [1.82, 2.24) is 4.90 Å². The molecule has 0 aromatic heterocycles. The number of rotatable bonds is 6. The minimum absolute atomic E-state index is 0.312. The molecule has 0 unspecified atom stereocenters. The Balaban J connectivity index is 1.51. The fraction of sp³-hybridized carbons (Fsp3) is 0.684. The Morgan fingerprint density at radius 3 is 2.20 bits per heavy atom. The van der Waals surface area contributed by atoms with E-state index in [1.165, 1.54) is 12.8 Å². The van der Waals surface area contributed by atoms with Crippen molar-refractivity contribution < 1.29 is 19.2 Å². The molecule has 0 spiro atoms. The molecular weight excluding hydrogens is 317 g/mol. The molecule has 1 aromatic rings. The highest BCUT2D eigenvalue weighted by Crippen LogP contribution is 2.36. The number of benzene rings is 1. The lowest BCUT2D eigenvalue weighted by atomic mass is 9.79. The third-order valence-electron chi connectivity index (χ3n) is 5.52. The van der Waals surface area contributed by atoms with E-state index in [2.05, 4.69) is 4.90 Å². The molecule has 1 atom stereocenters. The summed E-state index contributed by atoms with van der Waals surface area (Å²) in [5.74, 6) is 0.751. The van der Waals surface area contributed by atoms with Crippen LogP contribution in [0.1, 0.15) is 40.5 Å². The van der Waals surface area contributed by atoms with Gasteiger partial charge in [0, 0.05) is 6.54 Å². The Morgan fingerprint density at radius 1 is 1.08 bits per heavy atom. The third-order valence-corrected chi connectivity index (χ3v) is 5.52.